The van der Waals surface area contributed by atoms with E-state index in [0.29, 0.717) is 28.5 Å². The van der Waals surface area contributed by atoms with Crippen LogP contribution in [-0.4, -0.2) is 34.6 Å². The molecule has 0 aliphatic carbocycles. The Morgan fingerprint density at radius 1 is 1.07 bits per heavy atom. The summed E-state index contributed by atoms with van der Waals surface area (Å²) in [4.78, 5) is 13.6. The van der Waals surface area contributed by atoms with Crippen LogP contribution in [0.4, 0.5) is 0 Å². The number of ether oxygens (including phenoxy) is 2. The minimum Gasteiger partial charge on any atom is -0.497 e. The molecule has 1 unspecified atom stereocenters. The molecule has 1 atom stereocenters. The summed E-state index contributed by atoms with van der Waals surface area (Å²) < 4.78 is 37.3. The van der Waals surface area contributed by atoms with Crippen molar-refractivity contribution in [2.75, 3.05) is 20.3 Å². The summed E-state index contributed by atoms with van der Waals surface area (Å²) in [5.41, 5.74) is 0.367. The van der Waals surface area contributed by atoms with Crippen LogP contribution in [0.15, 0.2) is 70.9 Å². The van der Waals surface area contributed by atoms with E-state index >= 15 is 0 Å². The highest BCUT2D eigenvalue weighted by Gasteiger charge is 2.31. The van der Waals surface area contributed by atoms with Crippen LogP contribution in [0.25, 0.3) is 0 Å². The van der Waals surface area contributed by atoms with E-state index in [1.165, 1.54) is 30.6 Å². The molecule has 0 saturated carbocycles. The summed E-state index contributed by atoms with van der Waals surface area (Å²) >= 11 is 1.34. The van der Waals surface area contributed by atoms with Crippen LogP contribution in [0.3, 0.4) is 0 Å². The van der Waals surface area contributed by atoms with Crippen molar-refractivity contribution >= 4 is 27.1 Å². The number of benzene rings is 2. The Hall–Kier alpha value is -2.84. The zero-order chi connectivity index (χ0) is 21.6. The maximum Gasteiger partial charge on any atom is 0.255 e. The number of hydrogen-bond donors (Lipinski definition) is 1. The molecule has 0 bridgehead atoms. The number of sulfone groups is 1. The van der Waals surface area contributed by atoms with Gasteiger partial charge in [0.1, 0.15) is 16.7 Å². The number of nitrogens with one attached hydrogen (secondary N) is 1. The number of hydrogen-bond acceptors (Lipinski definition) is 6. The highest BCUT2D eigenvalue weighted by atomic mass is 32.2. The highest BCUT2D eigenvalue weighted by molar-refractivity contribution is 7.91. The van der Waals surface area contributed by atoms with E-state index in [9.17, 15) is 13.2 Å². The molecule has 1 amide bonds. The lowest BCUT2D eigenvalue weighted by atomic mass is 10.2. The zero-order valence-corrected chi connectivity index (χ0v) is 18.3. The van der Waals surface area contributed by atoms with E-state index < -0.39 is 15.1 Å². The van der Waals surface area contributed by atoms with Crippen LogP contribution in [-0.2, 0) is 9.84 Å². The van der Waals surface area contributed by atoms with Gasteiger partial charge in [0.05, 0.1) is 24.2 Å². The fourth-order valence-corrected chi connectivity index (χ4v) is 5.77. The second-order valence-electron chi connectivity index (χ2n) is 6.36. The molecular weight excluding hydrogens is 422 g/mol. The van der Waals surface area contributed by atoms with Crippen molar-refractivity contribution in [3.05, 3.63) is 76.5 Å². The normalized spacial score (nSPS) is 12.2. The van der Waals surface area contributed by atoms with Crippen LogP contribution in [0.1, 0.15) is 27.4 Å². The monoisotopic (exact) mass is 445 g/mol. The maximum atomic E-state index is 13.3. The molecule has 0 saturated heterocycles. The lowest BCUT2D eigenvalue weighted by Crippen LogP contribution is -2.31. The predicted molar refractivity (Wildman–Crippen MR) is 117 cm³/mol. The van der Waals surface area contributed by atoms with Gasteiger partial charge in [-0.2, -0.15) is 0 Å². The summed E-state index contributed by atoms with van der Waals surface area (Å²) in [6, 6.07) is 16.7. The minimum absolute atomic E-state index is 0.0613. The SMILES string of the molecule is CCOc1ccccc1C(=O)NCC(c1cccs1)S(=O)(=O)c1ccc(OC)cc1. The molecule has 2 aromatic carbocycles. The van der Waals surface area contributed by atoms with Gasteiger partial charge in [-0.25, -0.2) is 8.42 Å². The van der Waals surface area contributed by atoms with Gasteiger partial charge in [-0.3, -0.25) is 4.79 Å². The Kier molecular flexibility index (Phi) is 7.12. The van der Waals surface area contributed by atoms with E-state index in [1.807, 2.05) is 12.3 Å². The van der Waals surface area contributed by atoms with E-state index in [-0.39, 0.29) is 17.3 Å². The molecule has 1 aromatic heterocycles. The lowest BCUT2D eigenvalue weighted by Gasteiger charge is -2.18. The largest absolute Gasteiger partial charge is 0.497 e. The molecule has 3 rings (SSSR count). The number of amides is 1. The molecule has 0 spiro atoms. The van der Waals surface area contributed by atoms with E-state index in [2.05, 4.69) is 5.32 Å². The number of thiophene rings is 1. The van der Waals surface area contributed by atoms with Gasteiger partial charge in [0.15, 0.2) is 9.84 Å². The third kappa shape index (κ3) is 4.83. The van der Waals surface area contributed by atoms with Crippen molar-refractivity contribution in [3.8, 4) is 11.5 Å². The smallest absolute Gasteiger partial charge is 0.255 e. The van der Waals surface area contributed by atoms with Gasteiger partial charge in [0, 0.05) is 11.4 Å². The summed E-state index contributed by atoms with van der Waals surface area (Å²) in [6.07, 6.45) is 0. The molecule has 0 radical (unpaired) electrons. The first-order valence-electron chi connectivity index (χ1n) is 9.38. The first kappa shape index (κ1) is 21.9. The minimum atomic E-state index is -3.74. The quantitative estimate of drug-likeness (QED) is 0.536. The van der Waals surface area contributed by atoms with E-state index in [1.54, 1.807) is 48.5 Å². The average Bonchev–Trinajstić information content (AvgIpc) is 3.28. The second kappa shape index (κ2) is 9.77. The molecule has 3 aromatic rings. The van der Waals surface area contributed by atoms with Crippen LogP contribution >= 0.6 is 11.3 Å². The Bertz CT molecular complexity index is 1080. The lowest BCUT2D eigenvalue weighted by molar-refractivity contribution is 0.0950. The Morgan fingerprint density at radius 3 is 2.43 bits per heavy atom. The highest BCUT2D eigenvalue weighted by Crippen LogP contribution is 2.32. The fraction of sp³-hybridized carbons (Fsp3) is 0.227. The molecule has 0 aliphatic heterocycles. The van der Waals surface area contributed by atoms with Gasteiger partial charge in [0.2, 0.25) is 0 Å². The number of para-hydroxylation sites is 1. The van der Waals surface area contributed by atoms with Gasteiger partial charge in [0.25, 0.3) is 5.91 Å². The molecule has 1 N–H and O–H groups in total. The van der Waals surface area contributed by atoms with Crippen molar-refractivity contribution in [2.45, 2.75) is 17.1 Å². The van der Waals surface area contributed by atoms with Gasteiger partial charge in [-0.1, -0.05) is 18.2 Å². The number of methoxy groups -OCH3 is 1. The molecule has 30 heavy (non-hydrogen) atoms. The van der Waals surface area contributed by atoms with Crippen LogP contribution < -0.4 is 14.8 Å². The van der Waals surface area contributed by atoms with Crippen molar-refractivity contribution in [1.29, 1.82) is 0 Å². The summed E-state index contributed by atoms with van der Waals surface area (Å²) in [5.74, 6) is 0.649. The third-order valence-electron chi connectivity index (χ3n) is 4.50. The van der Waals surface area contributed by atoms with E-state index in [0.717, 1.165) is 0 Å². The number of carbonyl (C=O) groups is 1. The van der Waals surface area contributed by atoms with Crippen molar-refractivity contribution < 1.29 is 22.7 Å². The second-order valence-corrected chi connectivity index (χ2v) is 9.47. The molecule has 0 fully saturated rings. The zero-order valence-electron chi connectivity index (χ0n) is 16.7. The van der Waals surface area contributed by atoms with Crippen LogP contribution in [0.5, 0.6) is 11.5 Å². The molecule has 1 heterocycles. The Balaban J connectivity index is 1.86. The van der Waals surface area contributed by atoms with Crippen LogP contribution in [0, 0.1) is 0 Å². The Morgan fingerprint density at radius 2 is 1.80 bits per heavy atom. The van der Waals surface area contributed by atoms with Crippen molar-refractivity contribution in [3.63, 3.8) is 0 Å². The van der Waals surface area contributed by atoms with Crippen molar-refractivity contribution in [1.82, 2.24) is 5.32 Å². The first-order valence-corrected chi connectivity index (χ1v) is 11.8. The molecule has 8 heteroatoms. The van der Waals surface area contributed by atoms with Crippen LogP contribution in [0.2, 0.25) is 0 Å². The van der Waals surface area contributed by atoms with Gasteiger partial charge >= 0.3 is 0 Å². The van der Waals surface area contributed by atoms with E-state index in [4.69, 9.17) is 9.47 Å². The standard InChI is InChI=1S/C22H23NO5S2/c1-3-28-19-8-5-4-7-18(19)22(24)23-15-21(20-9-6-14-29-20)30(25,26)17-12-10-16(27-2)11-13-17/h4-14,21H,3,15H2,1-2H3,(H,23,24). The predicted octanol–water partition coefficient (Wildman–Crippen LogP) is 4.10. The first-order chi connectivity index (χ1) is 14.5. The maximum absolute atomic E-state index is 13.3. The number of rotatable bonds is 9. The summed E-state index contributed by atoms with van der Waals surface area (Å²) in [5, 5.41) is 3.68. The summed E-state index contributed by atoms with van der Waals surface area (Å²) in [7, 11) is -2.22. The number of carbonyl (C=O) groups excluding carboxylic acids is 1. The van der Waals surface area contributed by atoms with Gasteiger partial charge in [-0.05, 0) is 54.8 Å². The topological polar surface area (TPSA) is 81.7 Å². The Labute approximate surface area is 180 Å². The fourth-order valence-electron chi connectivity index (χ4n) is 2.98. The third-order valence-corrected chi connectivity index (χ3v) is 7.74. The summed E-state index contributed by atoms with van der Waals surface area (Å²) in [6.45, 7) is 2.20. The average molecular weight is 446 g/mol. The molecule has 0 aliphatic rings. The van der Waals surface area contributed by atoms with Gasteiger partial charge < -0.3 is 14.8 Å². The van der Waals surface area contributed by atoms with Crippen molar-refractivity contribution in [2.24, 2.45) is 0 Å². The van der Waals surface area contributed by atoms with Gasteiger partial charge in [-0.15, -0.1) is 11.3 Å². The molecule has 6 nitrogen and oxygen atoms in total. The molecular formula is C22H23NO5S2. The molecule has 158 valence electrons.